The lowest BCUT2D eigenvalue weighted by Gasteiger charge is -2.49. The van der Waals surface area contributed by atoms with Crippen molar-refractivity contribution in [2.75, 3.05) is 16.8 Å². The maximum atomic E-state index is 13.5. The number of nitrogens with one attached hydrogen (secondary N) is 2. The number of carbonyl (C=O) groups is 5. The first-order chi connectivity index (χ1) is 24.6. The number of aromatic nitrogens is 3. The van der Waals surface area contributed by atoms with E-state index in [4.69, 9.17) is 22.2 Å². The minimum atomic E-state index is -1.80. The number of fused-ring (bicyclic) bond motifs is 2. The highest BCUT2D eigenvalue weighted by Gasteiger charge is 2.55. The van der Waals surface area contributed by atoms with Gasteiger partial charge in [0, 0.05) is 23.1 Å². The van der Waals surface area contributed by atoms with E-state index < -0.39 is 63.9 Å². The van der Waals surface area contributed by atoms with Crippen LogP contribution in [0.15, 0.2) is 40.1 Å². The highest BCUT2D eigenvalue weighted by Crippen LogP contribution is 2.41. The zero-order valence-electron chi connectivity index (χ0n) is 27.5. The molecule has 0 radical (unpaired) electrons. The van der Waals surface area contributed by atoms with Gasteiger partial charge in [0.2, 0.25) is 11.4 Å². The van der Waals surface area contributed by atoms with Crippen LogP contribution in [0.25, 0.3) is 0 Å². The molecule has 2 aromatic heterocycles. The van der Waals surface area contributed by atoms with Crippen molar-refractivity contribution in [3.05, 3.63) is 57.1 Å². The van der Waals surface area contributed by atoms with Gasteiger partial charge in [-0.15, -0.1) is 23.1 Å². The number of oxime groups is 1. The molecule has 18 nitrogen and oxygen atoms in total. The number of carboxylic acid groups (broad SMARTS) is 2. The molecule has 0 bridgehead atoms. The monoisotopic (exact) mass is 775 g/mol. The number of imidazole rings is 1. The van der Waals surface area contributed by atoms with Gasteiger partial charge in [0.05, 0.1) is 17.1 Å². The zero-order chi connectivity index (χ0) is 37.6. The van der Waals surface area contributed by atoms with Gasteiger partial charge in [-0.2, -0.15) is 0 Å². The summed E-state index contributed by atoms with van der Waals surface area (Å²) in [6.07, 6.45) is 3.96. The molecule has 3 aromatic rings. The number of nitrogens with two attached hydrogens (primary N) is 1. The second-order valence-electron chi connectivity index (χ2n) is 12.5. The second-order valence-corrected chi connectivity index (χ2v) is 14.8. The van der Waals surface area contributed by atoms with Crippen LogP contribution in [0.5, 0.6) is 11.5 Å². The number of amides is 3. The lowest BCUT2D eigenvalue weighted by molar-refractivity contribution is -0.696. The van der Waals surface area contributed by atoms with Gasteiger partial charge in [-0.05, 0) is 38.8 Å². The van der Waals surface area contributed by atoms with E-state index in [9.17, 15) is 44.4 Å². The van der Waals surface area contributed by atoms with Crippen molar-refractivity contribution in [1.29, 1.82) is 0 Å². The standard InChI is InChI=1S/C31H31ClN8O10S2/c1-31(2,29(48)49)50-37-20(15-12-52-30(33)34-15)25(44)36-21-26(45)40-22(28(46)47)13(11-51-27(21)40)9-38-10-17(39-8-4-3-5-18(38)39)35-24(43)14-6-7-16(41)23(42)19(14)32/h6-7,10,12,21,27H,3-5,8-9,11H2,1-2H3,(H7-,33,34,35,36,37,41,42,43,44,46,47,48,49)/p+1/t21-,27-/m1/s1. The lowest BCUT2D eigenvalue weighted by atomic mass is 10.0. The van der Waals surface area contributed by atoms with Crippen molar-refractivity contribution in [3.8, 4) is 11.5 Å². The summed E-state index contributed by atoms with van der Waals surface area (Å²) in [4.78, 5) is 74.5. The molecule has 1 aromatic carbocycles. The predicted molar refractivity (Wildman–Crippen MR) is 186 cm³/mol. The molecule has 8 N–H and O–H groups in total. The van der Waals surface area contributed by atoms with Crippen molar-refractivity contribution < 1.29 is 53.8 Å². The first-order valence-corrected chi connectivity index (χ1v) is 17.9. The molecule has 52 heavy (non-hydrogen) atoms. The smallest absolute Gasteiger partial charge is 0.352 e. The Bertz CT molecular complexity index is 2090. The van der Waals surface area contributed by atoms with Crippen LogP contribution in [0.4, 0.5) is 10.9 Å². The molecule has 21 heteroatoms. The third-order valence-electron chi connectivity index (χ3n) is 8.58. The molecule has 3 amide bonds. The second kappa shape index (κ2) is 14.0. The third kappa shape index (κ3) is 6.71. The molecular weight excluding hydrogens is 744 g/mol. The minimum absolute atomic E-state index is 0.0117. The van der Waals surface area contributed by atoms with Gasteiger partial charge in [-0.3, -0.25) is 24.6 Å². The number of phenols is 2. The molecule has 0 saturated carbocycles. The van der Waals surface area contributed by atoms with Crippen molar-refractivity contribution in [2.45, 2.75) is 63.2 Å². The number of β-lactam (4-membered cyclic amide) rings is 1. The number of anilines is 2. The van der Waals surface area contributed by atoms with E-state index in [1.165, 1.54) is 37.1 Å². The SMILES string of the molecule is CC(C)(O/N=C(\C(=O)N[C@@H]1C(=O)N2C(C(=O)O)=C(C[n+]3cc(NC(=O)c4ccc(O)c(O)c4Cl)n4c3CCCC4)CS[C@H]12)c1csc(N)n1)C(=O)O. The highest BCUT2D eigenvalue weighted by molar-refractivity contribution is 8.00. The molecule has 2 atom stereocenters. The Labute approximate surface area is 307 Å². The van der Waals surface area contributed by atoms with E-state index in [1.807, 2.05) is 9.13 Å². The molecular formula is C31H32ClN8O10S2+. The van der Waals surface area contributed by atoms with Crippen molar-refractivity contribution in [2.24, 2.45) is 5.16 Å². The van der Waals surface area contributed by atoms with Gasteiger partial charge in [-0.25, -0.2) is 23.7 Å². The molecule has 6 rings (SSSR count). The number of thioether (sulfide) groups is 1. The number of nitrogens with zero attached hydrogens (tertiary/aromatic N) is 5. The summed E-state index contributed by atoms with van der Waals surface area (Å²) < 4.78 is 3.71. The normalized spacial score (nSPS) is 18.6. The van der Waals surface area contributed by atoms with Gasteiger partial charge >= 0.3 is 11.9 Å². The first kappa shape index (κ1) is 36.5. The van der Waals surface area contributed by atoms with E-state index in [1.54, 1.807) is 6.20 Å². The molecule has 5 heterocycles. The Morgan fingerprint density at radius 1 is 1.21 bits per heavy atom. The summed E-state index contributed by atoms with van der Waals surface area (Å²) in [5, 5.41) is 48.9. The minimum Gasteiger partial charge on any atom is -0.504 e. The zero-order valence-corrected chi connectivity index (χ0v) is 29.8. The maximum absolute atomic E-state index is 13.5. The van der Waals surface area contributed by atoms with Crippen LogP contribution in [0.2, 0.25) is 5.02 Å². The van der Waals surface area contributed by atoms with E-state index >= 15 is 0 Å². The number of nitrogen functional groups attached to an aromatic ring is 1. The molecule has 1 fully saturated rings. The topological polar surface area (TPSA) is 263 Å². The van der Waals surface area contributed by atoms with Crippen LogP contribution in [0.3, 0.4) is 0 Å². The molecule has 0 spiro atoms. The molecule has 274 valence electrons. The first-order valence-electron chi connectivity index (χ1n) is 15.6. The molecule has 1 saturated heterocycles. The summed E-state index contributed by atoms with van der Waals surface area (Å²) >= 11 is 8.35. The Morgan fingerprint density at radius 2 is 1.96 bits per heavy atom. The molecule has 3 aliphatic rings. The number of aromatic hydroxyl groups is 2. The Hall–Kier alpha value is -5.34. The van der Waals surface area contributed by atoms with Crippen molar-refractivity contribution in [1.82, 2.24) is 19.8 Å². The number of rotatable bonds is 11. The fourth-order valence-electron chi connectivity index (χ4n) is 5.84. The largest absolute Gasteiger partial charge is 0.504 e. The van der Waals surface area contributed by atoms with Gasteiger partial charge in [-0.1, -0.05) is 16.8 Å². The fourth-order valence-corrected chi connectivity index (χ4v) is 7.97. The van der Waals surface area contributed by atoms with Crippen LogP contribution < -0.4 is 20.9 Å². The van der Waals surface area contributed by atoms with E-state index in [0.29, 0.717) is 24.4 Å². The Morgan fingerprint density at radius 3 is 2.63 bits per heavy atom. The number of hydrogen-bond donors (Lipinski definition) is 7. The van der Waals surface area contributed by atoms with Crippen LogP contribution >= 0.6 is 34.7 Å². The van der Waals surface area contributed by atoms with E-state index in [-0.39, 0.29) is 39.4 Å². The molecule has 0 unspecified atom stereocenters. The average molecular weight is 776 g/mol. The fraction of sp³-hybridized carbons (Fsp3) is 0.355. The number of thiazole rings is 1. The van der Waals surface area contributed by atoms with Gasteiger partial charge < -0.3 is 36.3 Å². The van der Waals surface area contributed by atoms with Crippen LogP contribution in [-0.4, -0.2) is 93.0 Å². The van der Waals surface area contributed by atoms with E-state index in [0.717, 1.165) is 41.0 Å². The number of aliphatic carboxylic acids is 2. The highest BCUT2D eigenvalue weighted by atomic mass is 35.5. The average Bonchev–Trinajstić information content (AvgIpc) is 3.68. The number of benzene rings is 1. The maximum Gasteiger partial charge on any atom is 0.352 e. The van der Waals surface area contributed by atoms with E-state index in [2.05, 4.69) is 20.8 Å². The lowest BCUT2D eigenvalue weighted by Crippen LogP contribution is -2.71. The van der Waals surface area contributed by atoms with Crippen LogP contribution in [0, 0.1) is 0 Å². The molecule has 0 aliphatic carbocycles. The summed E-state index contributed by atoms with van der Waals surface area (Å²) in [5.41, 5.74) is 3.61. The number of halogens is 1. The predicted octanol–water partition coefficient (Wildman–Crippen LogP) is 1.49. The summed E-state index contributed by atoms with van der Waals surface area (Å²) in [6.45, 7) is 3.10. The van der Waals surface area contributed by atoms with Gasteiger partial charge in [0.1, 0.15) is 29.4 Å². The molecule has 3 aliphatic heterocycles. The Kier molecular flexibility index (Phi) is 9.81. The third-order valence-corrected chi connectivity index (χ3v) is 11.0. The van der Waals surface area contributed by atoms with Crippen molar-refractivity contribution >= 4 is 81.0 Å². The summed E-state index contributed by atoms with van der Waals surface area (Å²) in [5.74, 6) is -4.62. The number of phenolic OH excluding ortho intramolecular Hbond substituents is 2. The quantitative estimate of drug-likeness (QED) is 0.0479. The number of hydrogen-bond acceptors (Lipinski definition) is 13. The van der Waals surface area contributed by atoms with Crippen molar-refractivity contribution in [3.63, 3.8) is 0 Å². The van der Waals surface area contributed by atoms with Crippen LogP contribution in [-0.2, 0) is 43.5 Å². The Balaban J connectivity index is 1.23. The van der Waals surface area contributed by atoms with Gasteiger partial charge in [0.15, 0.2) is 28.5 Å². The number of carboxylic acids is 2. The summed E-state index contributed by atoms with van der Waals surface area (Å²) in [7, 11) is 0. The van der Waals surface area contributed by atoms with Gasteiger partial charge in [0.25, 0.3) is 23.5 Å². The van der Waals surface area contributed by atoms with Crippen LogP contribution in [0.1, 0.15) is 48.6 Å². The number of carbonyl (C=O) groups excluding carboxylic acids is 3. The summed E-state index contributed by atoms with van der Waals surface area (Å²) in [6, 6.07) is 1.27.